The van der Waals surface area contributed by atoms with Gasteiger partial charge in [-0.15, -0.1) is 0 Å². The minimum Gasteiger partial charge on any atom is -0.271 e. The summed E-state index contributed by atoms with van der Waals surface area (Å²) in [6.07, 6.45) is 0. The van der Waals surface area contributed by atoms with Crippen LogP contribution in [0.4, 0.5) is 0 Å². The highest BCUT2D eigenvalue weighted by Crippen LogP contribution is 2.35. The first-order chi connectivity index (χ1) is 4.91. The molecule has 0 radical (unpaired) electrons. The first-order valence-electron chi connectivity index (χ1n) is 3.67. The third-order valence-electron chi connectivity index (χ3n) is 1.57. The van der Waals surface area contributed by atoms with Crippen LogP contribution < -0.4 is 0 Å². The van der Waals surface area contributed by atoms with Crippen LogP contribution in [0, 0.1) is 5.41 Å². The summed E-state index contributed by atoms with van der Waals surface area (Å²) in [4.78, 5) is 15.1. The molecule has 1 rings (SSSR count). The second-order valence-corrected chi connectivity index (χ2v) is 5.13. The van der Waals surface area contributed by atoms with Gasteiger partial charge in [-0.3, -0.25) is 4.79 Å². The number of nitrogens with zero attached hydrogens (tertiary/aromatic N) is 1. The number of hydrogen-bond donors (Lipinski definition) is 0. The summed E-state index contributed by atoms with van der Waals surface area (Å²) in [5.74, 6) is 0.0278. The van der Waals surface area contributed by atoms with Crippen molar-refractivity contribution in [1.82, 2.24) is 0 Å². The van der Waals surface area contributed by atoms with E-state index in [0.29, 0.717) is 0 Å². The standard InChI is InChI=1S/C8H13NOS/c1-5-9-7(10)6(11-5)8(2,3)4/h6H,1-4H3. The zero-order valence-electron chi connectivity index (χ0n) is 7.34. The van der Waals surface area contributed by atoms with Gasteiger partial charge in [0, 0.05) is 0 Å². The number of amides is 1. The molecule has 1 aliphatic rings. The van der Waals surface area contributed by atoms with E-state index >= 15 is 0 Å². The van der Waals surface area contributed by atoms with Crippen LogP contribution in [-0.4, -0.2) is 16.2 Å². The van der Waals surface area contributed by atoms with Crippen LogP contribution in [0.1, 0.15) is 27.7 Å². The Bertz CT molecular complexity index is 215. The molecule has 0 saturated heterocycles. The summed E-state index contributed by atoms with van der Waals surface area (Å²) in [5.41, 5.74) is 0.0308. The van der Waals surface area contributed by atoms with Crippen molar-refractivity contribution in [3.8, 4) is 0 Å². The molecular formula is C8H13NOS. The largest absolute Gasteiger partial charge is 0.271 e. The first-order valence-corrected chi connectivity index (χ1v) is 4.55. The molecule has 1 aliphatic heterocycles. The van der Waals surface area contributed by atoms with Gasteiger partial charge in [0.1, 0.15) is 0 Å². The van der Waals surface area contributed by atoms with Crippen LogP contribution in [0.25, 0.3) is 0 Å². The molecule has 0 aromatic carbocycles. The molecule has 0 aliphatic carbocycles. The van der Waals surface area contributed by atoms with E-state index in [0.717, 1.165) is 5.04 Å². The lowest BCUT2D eigenvalue weighted by molar-refractivity contribution is -0.118. The van der Waals surface area contributed by atoms with E-state index in [2.05, 4.69) is 25.8 Å². The lowest BCUT2D eigenvalue weighted by Crippen LogP contribution is -2.27. The zero-order chi connectivity index (χ0) is 8.65. The van der Waals surface area contributed by atoms with Gasteiger partial charge in [0.25, 0.3) is 5.91 Å². The number of aliphatic imine (C=N–C) groups is 1. The van der Waals surface area contributed by atoms with Crippen molar-refractivity contribution in [3.05, 3.63) is 0 Å². The monoisotopic (exact) mass is 171 g/mol. The zero-order valence-corrected chi connectivity index (χ0v) is 8.16. The minimum absolute atomic E-state index is 0.0278. The maximum atomic E-state index is 11.2. The maximum absolute atomic E-state index is 11.2. The summed E-state index contributed by atoms with van der Waals surface area (Å²) in [6.45, 7) is 8.08. The molecule has 3 heteroatoms. The van der Waals surface area contributed by atoms with Crippen LogP contribution in [0.5, 0.6) is 0 Å². The van der Waals surface area contributed by atoms with E-state index in [4.69, 9.17) is 0 Å². The molecule has 0 saturated carbocycles. The Labute approximate surface area is 71.5 Å². The van der Waals surface area contributed by atoms with Crippen molar-refractivity contribution < 1.29 is 4.79 Å². The van der Waals surface area contributed by atoms with Crippen LogP contribution in [0.3, 0.4) is 0 Å². The Kier molecular flexibility index (Phi) is 2.10. The summed E-state index contributed by atoms with van der Waals surface area (Å²) in [6, 6.07) is 0. The van der Waals surface area contributed by atoms with Crippen LogP contribution in [0.2, 0.25) is 0 Å². The van der Waals surface area contributed by atoms with E-state index in [1.807, 2.05) is 6.92 Å². The van der Waals surface area contributed by atoms with E-state index in [1.54, 1.807) is 11.8 Å². The molecule has 0 spiro atoms. The van der Waals surface area contributed by atoms with Gasteiger partial charge in [-0.25, -0.2) is 4.99 Å². The Morgan fingerprint density at radius 1 is 1.45 bits per heavy atom. The molecule has 1 amide bonds. The second kappa shape index (κ2) is 2.63. The maximum Gasteiger partial charge on any atom is 0.260 e. The Morgan fingerprint density at radius 2 is 2.00 bits per heavy atom. The molecule has 62 valence electrons. The van der Waals surface area contributed by atoms with Gasteiger partial charge in [0.15, 0.2) is 0 Å². The van der Waals surface area contributed by atoms with Gasteiger partial charge in [0.2, 0.25) is 0 Å². The number of carbonyl (C=O) groups is 1. The summed E-state index contributed by atoms with van der Waals surface area (Å²) < 4.78 is 0. The van der Waals surface area contributed by atoms with Gasteiger partial charge < -0.3 is 0 Å². The number of carbonyl (C=O) groups excluding carboxylic acids is 1. The number of rotatable bonds is 0. The lowest BCUT2D eigenvalue weighted by Gasteiger charge is -2.23. The van der Waals surface area contributed by atoms with Gasteiger partial charge in [-0.2, -0.15) is 0 Å². The van der Waals surface area contributed by atoms with Crippen LogP contribution in [0.15, 0.2) is 4.99 Å². The van der Waals surface area contributed by atoms with Crippen molar-refractivity contribution in [1.29, 1.82) is 0 Å². The average molecular weight is 171 g/mol. The van der Waals surface area contributed by atoms with Crippen molar-refractivity contribution >= 4 is 22.7 Å². The Morgan fingerprint density at radius 3 is 2.18 bits per heavy atom. The first kappa shape index (κ1) is 8.78. The fraction of sp³-hybridized carbons (Fsp3) is 0.750. The Balaban J connectivity index is 2.75. The molecule has 0 aromatic heterocycles. The van der Waals surface area contributed by atoms with Gasteiger partial charge in [-0.1, -0.05) is 32.5 Å². The molecule has 0 fully saturated rings. The molecule has 2 nitrogen and oxygen atoms in total. The van der Waals surface area contributed by atoms with Crippen molar-refractivity contribution in [2.24, 2.45) is 10.4 Å². The molecule has 0 aromatic rings. The molecule has 0 N–H and O–H groups in total. The van der Waals surface area contributed by atoms with Gasteiger partial charge in [0.05, 0.1) is 10.3 Å². The average Bonchev–Trinajstić information content (AvgIpc) is 2.08. The number of hydrogen-bond acceptors (Lipinski definition) is 2. The van der Waals surface area contributed by atoms with E-state index in [-0.39, 0.29) is 16.6 Å². The lowest BCUT2D eigenvalue weighted by atomic mass is 9.91. The fourth-order valence-electron chi connectivity index (χ4n) is 1.01. The fourth-order valence-corrected chi connectivity index (χ4v) is 2.00. The highest BCUT2D eigenvalue weighted by molar-refractivity contribution is 8.15. The number of thioether (sulfide) groups is 1. The quantitative estimate of drug-likeness (QED) is 0.558. The van der Waals surface area contributed by atoms with Crippen molar-refractivity contribution in [2.45, 2.75) is 32.9 Å². The van der Waals surface area contributed by atoms with E-state index in [1.165, 1.54) is 0 Å². The predicted octanol–water partition coefficient (Wildman–Crippen LogP) is 2.09. The second-order valence-electron chi connectivity index (χ2n) is 3.83. The van der Waals surface area contributed by atoms with Crippen molar-refractivity contribution in [3.63, 3.8) is 0 Å². The molecule has 11 heavy (non-hydrogen) atoms. The van der Waals surface area contributed by atoms with Gasteiger partial charge in [-0.05, 0) is 12.3 Å². The third kappa shape index (κ3) is 1.83. The Hall–Kier alpha value is -0.310. The molecule has 1 heterocycles. The normalized spacial score (nSPS) is 25.6. The minimum atomic E-state index is 0.0278. The highest BCUT2D eigenvalue weighted by Gasteiger charge is 2.36. The molecule has 1 unspecified atom stereocenters. The van der Waals surface area contributed by atoms with Crippen molar-refractivity contribution in [2.75, 3.05) is 0 Å². The smallest absolute Gasteiger partial charge is 0.260 e. The SMILES string of the molecule is CC1=NC(=O)C(C(C)(C)C)S1. The molecule has 1 atom stereocenters. The summed E-state index contributed by atoms with van der Waals surface area (Å²) in [7, 11) is 0. The topological polar surface area (TPSA) is 29.4 Å². The summed E-state index contributed by atoms with van der Waals surface area (Å²) >= 11 is 1.58. The van der Waals surface area contributed by atoms with Gasteiger partial charge >= 0.3 is 0 Å². The van der Waals surface area contributed by atoms with E-state index < -0.39 is 0 Å². The molecule has 0 bridgehead atoms. The highest BCUT2D eigenvalue weighted by atomic mass is 32.2. The third-order valence-corrected chi connectivity index (χ3v) is 3.14. The van der Waals surface area contributed by atoms with Crippen LogP contribution >= 0.6 is 11.8 Å². The predicted molar refractivity (Wildman–Crippen MR) is 49.0 cm³/mol. The molecular weight excluding hydrogens is 158 g/mol. The van der Waals surface area contributed by atoms with Crippen LogP contribution in [-0.2, 0) is 4.79 Å². The van der Waals surface area contributed by atoms with E-state index in [9.17, 15) is 4.79 Å². The summed E-state index contributed by atoms with van der Waals surface area (Å²) in [5, 5.41) is 0.928.